The van der Waals surface area contributed by atoms with Crippen LogP contribution in [0, 0.1) is 11.3 Å². The van der Waals surface area contributed by atoms with Crippen molar-refractivity contribution in [3.63, 3.8) is 0 Å². The number of halogens is 1. The smallest absolute Gasteiger partial charge is 0.0746 e. The van der Waals surface area contributed by atoms with Crippen LogP contribution in [0.1, 0.15) is 45.6 Å². The third-order valence-electron chi connectivity index (χ3n) is 7.89. The number of hydrogen-bond acceptors (Lipinski definition) is 2. The van der Waals surface area contributed by atoms with E-state index in [4.69, 9.17) is 16.6 Å². The number of rotatable bonds is 3. The van der Waals surface area contributed by atoms with Crippen LogP contribution < -0.4 is 0 Å². The van der Waals surface area contributed by atoms with E-state index in [1.165, 1.54) is 23.3 Å². The molecule has 0 spiro atoms. The van der Waals surface area contributed by atoms with E-state index >= 15 is 0 Å². The Kier molecular flexibility index (Phi) is 4.32. The summed E-state index contributed by atoms with van der Waals surface area (Å²) in [6.07, 6.45) is 6.81. The lowest BCUT2D eigenvalue weighted by Crippen LogP contribution is -2.48. The molecule has 1 aromatic carbocycles. The van der Waals surface area contributed by atoms with Crippen LogP contribution >= 0.6 is 11.6 Å². The van der Waals surface area contributed by atoms with Crippen LogP contribution in [0.3, 0.4) is 0 Å². The first-order valence-corrected chi connectivity index (χ1v) is 11.0. The summed E-state index contributed by atoms with van der Waals surface area (Å²) in [5.74, 6) is 0.539. The average molecular weight is 393 g/mol. The van der Waals surface area contributed by atoms with Crippen LogP contribution in [0.2, 0.25) is 0 Å². The molecule has 0 amide bonds. The van der Waals surface area contributed by atoms with E-state index in [-0.39, 0.29) is 5.41 Å². The van der Waals surface area contributed by atoms with Gasteiger partial charge in [-0.15, -0.1) is 0 Å². The van der Waals surface area contributed by atoms with Crippen LogP contribution in [0.25, 0.3) is 0 Å². The monoisotopic (exact) mass is 392 g/mol. The molecule has 0 saturated carbocycles. The Morgan fingerprint density at radius 1 is 1.21 bits per heavy atom. The Hall–Kier alpha value is -1.80. The van der Waals surface area contributed by atoms with Gasteiger partial charge in [-0.2, -0.15) is 0 Å². The second-order valence-corrected chi connectivity index (χ2v) is 9.49. The number of hydrogen-bond donors (Lipinski definition) is 0. The molecular weight excluding hydrogens is 364 g/mol. The SMILES string of the molecule is CC1=NC/C(Cl)=C\C2=C3CCC4=C2CC(C(C)C13C)N4CCc1ccccc1. The van der Waals surface area contributed by atoms with E-state index in [1.807, 2.05) is 0 Å². The summed E-state index contributed by atoms with van der Waals surface area (Å²) in [6.45, 7) is 8.86. The summed E-state index contributed by atoms with van der Waals surface area (Å²) in [5.41, 5.74) is 8.91. The molecule has 3 heteroatoms. The molecule has 146 valence electrons. The summed E-state index contributed by atoms with van der Waals surface area (Å²) in [4.78, 5) is 7.66. The zero-order valence-corrected chi connectivity index (χ0v) is 17.9. The Bertz CT molecular complexity index is 937. The summed E-state index contributed by atoms with van der Waals surface area (Å²) >= 11 is 6.57. The molecule has 0 N–H and O–H groups in total. The van der Waals surface area contributed by atoms with Crippen LogP contribution in [0.15, 0.2) is 68.8 Å². The second-order valence-electron chi connectivity index (χ2n) is 9.00. The molecule has 2 nitrogen and oxygen atoms in total. The molecule has 0 radical (unpaired) electrons. The van der Waals surface area contributed by atoms with Gasteiger partial charge in [0.05, 0.1) is 6.54 Å². The van der Waals surface area contributed by atoms with Crippen molar-refractivity contribution in [2.75, 3.05) is 13.1 Å². The molecule has 28 heavy (non-hydrogen) atoms. The van der Waals surface area contributed by atoms with Gasteiger partial charge in [-0.05, 0) is 61.3 Å². The van der Waals surface area contributed by atoms with Gasteiger partial charge in [0.15, 0.2) is 0 Å². The number of benzene rings is 1. The highest BCUT2D eigenvalue weighted by Crippen LogP contribution is 2.57. The van der Waals surface area contributed by atoms with Gasteiger partial charge >= 0.3 is 0 Å². The lowest BCUT2D eigenvalue weighted by molar-refractivity contribution is 0.149. The van der Waals surface area contributed by atoms with Gasteiger partial charge in [-0.1, -0.05) is 61.4 Å². The maximum absolute atomic E-state index is 6.57. The summed E-state index contributed by atoms with van der Waals surface area (Å²) in [7, 11) is 0. The molecule has 0 aromatic heterocycles. The fourth-order valence-electron chi connectivity index (χ4n) is 6.05. The number of aliphatic imine (C=N–C) groups is 1. The minimum absolute atomic E-state index is 0.0345. The Morgan fingerprint density at radius 3 is 2.79 bits per heavy atom. The number of likely N-dealkylation sites (tertiary alicyclic amines) is 1. The highest BCUT2D eigenvalue weighted by atomic mass is 35.5. The van der Waals surface area contributed by atoms with Crippen molar-refractivity contribution >= 4 is 17.3 Å². The van der Waals surface area contributed by atoms with Crippen molar-refractivity contribution in [3.8, 4) is 0 Å². The summed E-state index contributed by atoms with van der Waals surface area (Å²) < 4.78 is 0. The van der Waals surface area contributed by atoms with Crippen LogP contribution in [-0.4, -0.2) is 29.7 Å². The molecule has 5 rings (SSSR count). The molecule has 3 unspecified atom stereocenters. The highest BCUT2D eigenvalue weighted by Gasteiger charge is 2.52. The van der Waals surface area contributed by atoms with Gasteiger partial charge in [0.1, 0.15) is 0 Å². The summed E-state index contributed by atoms with van der Waals surface area (Å²) in [6, 6.07) is 11.5. The average Bonchev–Trinajstić information content (AvgIpc) is 3.06. The Balaban J connectivity index is 1.60. The van der Waals surface area contributed by atoms with Gasteiger partial charge in [0.25, 0.3) is 0 Å². The minimum atomic E-state index is 0.0345. The van der Waals surface area contributed by atoms with E-state index in [0.717, 1.165) is 30.8 Å². The number of fused-ring (bicyclic) bond motifs is 1. The molecule has 4 aliphatic rings. The first-order valence-electron chi connectivity index (χ1n) is 10.6. The normalized spacial score (nSPS) is 33.4. The molecule has 0 fully saturated rings. The number of nitrogens with zero attached hydrogens (tertiary/aromatic N) is 2. The lowest BCUT2D eigenvalue weighted by atomic mass is 9.63. The number of allylic oxidation sites excluding steroid dienone is 4. The van der Waals surface area contributed by atoms with Crippen LogP contribution in [0.5, 0.6) is 0 Å². The van der Waals surface area contributed by atoms with Crippen LogP contribution in [0.4, 0.5) is 0 Å². The molecule has 1 aromatic rings. The van der Waals surface area contributed by atoms with Crippen molar-refractivity contribution in [1.82, 2.24) is 4.90 Å². The van der Waals surface area contributed by atoms with E-state index in [9.17, 15) is 0 Å². The zero-order chi connectivity index (χ0) is 19.5. The third-order valence-corrected chi connectivity index (χ3v) is 8.12. The molecule has 5 bridgehead atoms. The van der Waals surface area contributed by atoms with Crippen molar-refractivity contribution in [1.29, 1.82) is 0 Å². The van der Waals surface area contributed by atoms with Crippen molar-refractivity contribution in [3.05, 3.63) is 69.4 Å². The van der Waals surface area contributed by atoms with Gasteiger partial charge in [-0.3, -0.25) is 4.99 Å². The minimum Gasteiger partial charge on any atom is -0.371 e. The van der Waals surface area contributed by atoms with E-state index in [0.29, 0.717) is 18.5 Å². The van der Waals surface area contributed by atoms with Crippen LogP contribution in [-0.2, 0) is 6.42 Å². The zero-order valence-electron chi connectivity index (χ0n) is 17.1. The highest BCUT2D eigenvalue weighted by molar-refractivity contribution is 6.30. The fourth-order valence-corrected chi connectivity index (χ4v) is 6.22. The van der Waals surface area contributed by atoms with Crippen molar-refractivity contribution in [2.24, 2.45) is 16.3 Å². The quantitative estimate of drug-likeness (QED) is 0.625. The molecule has 2 aliphatic heterocycles. The predicted molar refractivity (Wildman–Crippen MR) is 118 cm³/mol. The maximum atomic E-state index is 6.57. The van der Waals surface area contributed by atoms with Gasteiger partial charge in [-0.25, -0.2) is 0 Å². The molecule has 3 atom stereocenters. The van der Waals surface area contributed by atoms with E-state index < -0.39 is 0 Å². The molecular formula is C25H29ClN2. The predicted octanol–water partition coefficient (Wildman–Crippen LogP) is 5.90. The van der Waals surface area contributed by atoms with E-state index in [1.54, 1.807) is 16.8 Å². The lowest BCUT2D eigenvalue weighted by Gasteiger charge is -2.48. The first-order chi connectivity index (χ1) is 13.5. The maximum Gasteiger partial charge on any atom is 0.0746 e. The Labute approximate surface area is 173 Å². The second kappa shape index (κ2) is 6.62. The fraction of sp³-hybridized carbons (Fsp3) is 0.480. The summed E-state index contributed by atoms with van der Waals surface area (Å²) in [5, 5.41) is 0.872. The van der Waals surface area contributed by atoms with Gasteiger partial charge in [0, 0.05) is 34.4 Å². The first kappa shape index (κ1) is 18.2. The van der Waals surface area contributed by atoms with E-state index in [2.05, 4.69) is 62.1 Å². The van der Waals surface area contributed by atoms with Gasteiger partial charge < -0.3 is 4.90 Å². The molecule has 0 saturated heterocycles. The molecule has 2 heterocycles. The van der Waals surface area contributed by atoms with Gasteiger partial charge in [0.2, 0.25) is 0 Å². The molecule has 2 aliphatic carbocycles. The van der Waals surface area contributed by atoms with Crippen molar-refractivity contribution in [2.45, 2.75) is 52.5 Å². The van der Waals surface area contributed by atoms with Crippen molar-refractivity contribution < 1.29 is 0 Å². The topological polar surface area (TPSA) is 15.6 Å². The standard InChI is InChI=1S/C25H29ClN2/c1-16-24-14-21-20-13-19(26)15-27-17(2)25(16,3)22(20)9-10-23(21)28(24)12-11-18-7-5-4-6-8-18/h4-8,13,16,24H,9-12,14-15H2,1-3H3/b19-13+,27-17?. The Morgan fingerprint density at radius 2 is 2.00 bits per heavy atom. The third kappa shape index (κ3) is 2.57. The largest absolute Gasteiger partial charge is 0.371 e.